The second-order valence-corrected chi connectivity index (χ2v) is 2.39. The van der Waals surface area contributed by atoms with Crippen LogP contribution >= 0.6 is 0 Å². The molecule has 1 aromatic rings. The average molecular weight is 132 g/mol. The van der Waals surface area contributed by atoms with Gasteiger partial charge in [0.25, 0.3) is 0 Å². The molecule has 0 N–H and O–H groups in total. The van der Waals surface area contributed by atoms with E-state index in [1.54, 1.807) is 6.26 Å². The van der Waals surface area contributed by atoms with Gasteiger partial charge in [-0.2, -0.15) is 0 Å². The van der Waals surface area contributed by atoms with E-state index < -0.39 is 0 Å². The van der Waals surface area contributed by atoms with E-state index in [9.17, 15) is 0 Å². The van der Waals surface area contributed by atoms with Gasteiger partial charge in [0.15, 0.2) is 0 Å². The minimum atomic E-state index is 0.904. The standard InChI is InChI=1S/C9H8O/c1-7-3-2-4-9-8(7)5-6-10-9/h2-3,5-6H,1,4H2. The molecular weight excluding hydrogens is 124 g/mol. The predicted molar refractivity (Wildman–Crippen MR) is 40.6 cm³/mol. The fourth-order valence-electron chi connectivity index (χ4n) is 1.18. The van der Waals surface area contributed by atoms with Crippen LogP contribution in [-0.2, 0) is 6.42 Å². The van der Waals surface area contributed by atoms with E-state index in [2.05, 4.69) is 12.7 Å². The maximum Gasteiger partial charge on any atom is 0.115 e. The Kier molecular flexibility index (Phi) is 1.04. The second-order valence-electron chi connectivity index (χ2n) is 2.39. The highest BCUT2D eigenvalue weighted by molar-refractivity contribution is 5.74. The third-order valence-corrected chi connectivity index (χ3v) is 1.71. The van der Waals surface area contributed by atoms with E-state index >= 15 is 0 Å². The molecule has 1 aliphatic carbocycles. The molecule has 1 aromatic heterocycles. The third kappa shape index (κ3) is 0.637. The Morgan fingerprint density at radius 3 is 3.20 bits per heavy atom. The quantitative estimate of drug-likeness (QED) is 0.528. The first-order valence-corrected chi connectivity index (χ1v) is 3.30. The van der Waals surface area contributed by atoms with Crippen LogP contribution in [0.2, 0.25) is 0 Å². The fraction of sp³-hybridized carbons (Fsp3) is 0.111. The predicted octanol–water partition coefficient (Wildman–Crippen LogP) is 2.41. The molecule has 0 aromatic carbocycles. The molecule has 1 heteroatoms. The highest BCUT2D eigenvalue weighted by Crippen LogP contribution is 2.24. The lowest BCUT2D eigenvalue weighted by atomic mass is 10.0. The van der Waals surface area contributed by atoms with Crippen LogP contribution in [0.4, 0.5) is 0 Å². The van der Waals surface area contributed by atoms with Crippen molar-refractivity contribution in [2.45, 2.75) is 6.42 Å². The van der Waals surface area contributed by atoms with Crippen molar-refractivity contribution in [3.05, 3.63) is 42.4 Å². The highest BCUT2D eigenvalue weighted by Gasteiger charge is 2.09. The number of fused-ring (bicyclic) bond motifs is 1. The zero-order valence-electron chi connectivity index (χ0n) is 5.63. The average Bonchev–Trinajstić information content (AvgIpc) is 2.36. The molecular formula is C9H8O. The molecule has 0 saturated carbocycles. The van der Waals surface area contributed by atoms with Crippen LogP contribution in [0.3, 0.4) is 0 Å². The van der Waals surface area contributed by atoms with Crippen LogP contribution in [0.25, 0.3) is 5.57 Å². The van der Waals surface area contributed by atoms with Gasteiger partial charge in [-0.15, -0.1) is 0 Å². The SMILES string of the molecule is C=C1C=CCc2occc21. The van der Waals surface area contributed by atoms with Gasteiger partial charge in [0.2, 0.25) is 0 Å². The number of hydrogen-bond acceptors (Lipinski definition) is 1. The van der Waals surface area contributed by atoms with Crippen molar-refractivity contribution in [2.24, 2.45) is 0 Å². The van der Waals surface area contributed by atoms with Crippen molar-refractivity contribution in [2.75, 3.05) is 0 Å². The summed E-state index contributed by atoms with van der Waals surface area (Å²) in [4.78, 5) is 0. The molecule has 0 saturated heterocycles. The van der Waals surface area contributed by atoms with Crippen LogP contribution in [0.1, 0.15) is 11.3 Å². The molecule has 0 aliphatic heterocycles. The lowest BCUT2D eigenvalue weighted by molar-refractivity contribution is 0.521. The summed E-state index contributed by atoms with van der Waals surface area (Å²) in [6, 6.07) is 1.96. The maximum atomic E-state index is 5.21. The first-order chi connectivity index (χ1) is 4.88. The van der Waals surface area contributed by atoms with Crippen LogP contribution in [-0.4, -0.2) is 0 Å². The Morgan fingerprint density at radius 2 is 2.40 bits per heavy atom. The summed E-state index contributed by atoms with van der Waals surface area (Å²) in [5.74, 6) is 1.03. The molecule has 1 heterocycles. The molecule has 0 amide bonds. The summed E-state index contributed by atoms with van der Waals surface area (Å²) in [6.07, 6.45) is 6.70. The van der Waals surface area contributed by atoms with E-state index in [0.717, 1.165) is 23.3 Å². The molecule has 0 fully saturated rings. The third-order valence-electron chi connectivity index (χ3n) is 1.71. The summed E-state index contributed by atoms with van der Waals surface area (Å²) in [6.45, 7) is 3.88. The molecule has 1 aliphatic rings. The molecule has 2 rings (SSSR count). The molecule has 0 radical (unpaired) electrons. The van der Waals surface area contributed by atoms with Gasteiger partial charge >= 0.3 is 0 Å². The monoisotopic (exact) mass is 132 g/mol. The minimum Gasteiger partial charge on any atom is -0.468 e. The molecule has 1 nitrogen and oxygen atoms in total. The van der Waals surface area contributed by atoms with E-state index in [1.807, 2.05) is 12.1 Å². The summed E-state index contributed by atoms with van der Waals surface area (Å²) >= 11 is 0. The summed E-state index contributed by atoms with van der Waals surface area (Å²) < 4.78 is 5.21. The van der Waals surface area contributed by atoms with Gasteiger partial charge in [0.1, 0.15) is 5.76 Å². The van der Waals surface area contributed by atoms with E-state index in [0.29, 0.717) is 0 Å². The van der Waals surface area contributed by atoms with Crippen molar-refractivity contribution in [3.63, 3.8) is 0 Å². The van der Waals surface area contributed by atoms with E-state index in [4.69, 9.17) is 4.42 Å². The Labute approximate surface area is 59.7 Å². The lowest BCUT2D eigenvalue weighted by Crippen LogP contribution is -1.89. The second kappa shape index (κ2) is 1.87. The molecule has 50 valence electrons. The van der Waals surface area contributed by atoms with Crippen LogP contribution in [0.5, 0.6) is 0 Å². The summed E-state index contributed by atoms with van der Waals surface area (Å²) in [5.41, 5.74) is 2.21. The Hall–Kier alpha value is -1.24. The number of furan rings is 1. The molecule has 10 heavy (non-hydrogen) atoms. The number of allylic oxidation sites excluding steroid dienone is 3. The van der Waals surface area contributed by atoms with Crippen LogP contribution in [0.15, 0.2) is 35.5 Å². The molecule has 0 unspecified atom stereocenters. The normalized spacial score (nSPS) is 15.4. The van der Waals surface area contributed by atoms with Crippen LogP contribution < -0.4 is 0 Å². The highest BCUT2D eigenvalue weighted by atomic mass is 16.3. The molecule has 0 bridgehead atoms. The van der Waals surface area contributed by atoms with Gasteiger partial charge in [-0.25, -0.2) is 0 Å². The zero-order chi connectivity index (χ0) is 6.97. The van der Waals surface area contributed by atoms with E-state index in [1.165, 1.54) is 0 Å². The van der Waals surface area contributed by atoms with Crippen LogP contribution in [0, 0.1) is 0 Å². The topological polar surface area (TPSA) is 13.1 Å². The van der Waals surface area contributed by atoms with Crippen molar-refractivity contribution in [1.82, 2.24) is 0 Å². The van der Waals surface area contributed by atoms with Crippen molar-refractivity contribution in [3.8, 4) is 0 Å². The summed E-state index contributed by atoms with van der Waals surface area (Å²) in [5, 5.41) is 0. The van der Waals surface area contributed by atoms with Crippen molar-refractivity contribution >= 4 is 5.57 Å². The smallest absolute Gasteiger partial charge is 0.115 e. The van der Waals surface area contributed by atoms with Gasteiger partial charge in [-0.1, -0.05) is 18.7 Å². The number of hydrogen-bond donors (Lipinski definition) is 0. The minimum absolute atomic E-state index is 0.904. The van der Waals surface area contributed by atoms with Crippen molar-refractivity contribution in [1.29, 1.82) is 0 Å². The van der Waals surface area contributed by atoms with Crippen molar-refractivity contribution < 1.29 is 4.42 Å². The maximum absolute atomic E-state index is 5.21. The van der Waals surface area contributed by atoms with Gasteiger partial charge in [0, 0.05) is 12.0 Å². The van der Waals surface area contributed by atoms with E-state index in [-0.39, 0.29) is 0 Å². The van der Waals surface area contributed by atoms with Gasteiger partial charge < -0.3 is 4.42 Å². The van der Waals surface area contributed by atoms with Gasteiger partial charge in [-0.05, 0) is 11.6 Å². The fourth-order valence-corrected chi connectivity index (χ4v) is 1.18. The lowest BCUT2D eigenvalue weighted by Gasteiger charge is -2.04. The van der Waals surface area contributed by atoms with Gasteiger partial charge in [0.05, 0.1) is 6.26 Å². The first-order valence-electron chi connectivity index (χ1n) is 3.30. The largest absolute Gasteiger partial charge is 0.468 e. The zero-order valence-corrected chi connectivity index (χ0v) is 5.63. The first kappa shape index (κ1) is 5.54. The summed E-state index contributed by atoms with van der Waals surface area (Å²) in [7, 11) is 0. The number of rotatable bonds is 0. The van der Waals surface area contributed by atoms with Gasteiger partial charge in [-0.3, -0.25) is 0 Å². The molecule has 0 spiro atoms. The Bertz CT molecular complexity index is 291. The Morgan fingerprint density at radius 1 is 1.50 bits per heavy atom. The molecule has 0 atom stereocenters. The Balaban J connectivity index is 2.58.